The molecule has 0 saturated carbocycles. The maximum Gasteiger partial charge on any atom is -0.0215 e. The van der Waals surface area contributed by atoms with Gasteiger partial charge >= 0.3 is 0 Å². The molecule has 0 aromatic heterocycles. The summed E-state index contributed by atoms with van der Waals surface area (Å²) in [5, 5.41) is 1.61. The van der Waals surface area contributed by atoms with Gasteiger partial charge in [-0.15, -0.1) is 0 Å². The van der Waals surface area contributed by atoms with Crippen LogP contribution in [0.2, 0.25) is 0 Å². The van der Waals surface area contributed by atoms with Gasteiger partial charge in [0, 0.05) is 0 Å². The second-order valence-corrected chi connectivity index (χ2v) is 8.97. The minimum absolute atomic E-state index is 0.818. The number of hydrogen-bond acceptors (Lipinski definition) is 0. The summed E-state index contributed by atoms with van der Waals surface area (Å²) >= 11 is 2.47. The normalized spacial score (nSPS) is 20.1. The molecule has 0 bridgehead atoms. The van der Waals surface area contributed by atoms with Gasteiger partial charge in [0.2, 0.25) is 0 Å². The third-order valence-electron chi connectivity index (χ3n) is 2.82. The highest BCUT2D eigenvalue weighted by atomic mass is 127. The Morgan fingerprint density at radius 1 is 1.08 bits per heavy atom. The third-order valence-corrected chi connectivity index (χ3v) is 9.95. The second kappa shape index (κ2) is 4.18. The summed E-state index contributed by atoms with van der Waals surface area (Å²) in [6, 6.07) is 11.1. The van der Waals surface area contributed by atoms with Gasteiger partial charge in [-0.2, -0.15) is 0 Å². The average molecular weight is 304 g/mol. The van der Waals surface area contributed by atoms with Crippen LogP contribution in [0.3, 0.4) is 0 Å². The van der Waals surface area contributed by atoms with E-state index < -0.39 is 6.89 Å². The zero-order chi connectivity index (χ0) is 9.15. The Balaban J connectivity index is 2.44. The van der Waals surface area contributed by atoms with E-state index in [0.717, 1.165) is 0 Å². The lowest BCUT2D eigenvalue weighted by molar-refractivity contribution is 0.949. The molecule has 0 atom stereocenters. The first-order chi connectivity index (χ1) is 6.37. The standard InChI is InChI=1S/C11H14IP/c12-10-13(8-4-5-9-13)11-6-2-1-3-7-11/h1-3,6-7,10H,4-5,8-9H2. The third kappa shape index (κ3) is 1.87. The van der Waals surface area contributed by atoms with Crippen LogP contribution in [0.15, 0.2) is 30.3 Å². The van der Waals surface area contributed by atoms with Crippen LogP contribution >= 0.6 is 29.5 Å². The van der Waals surface area contributed by atoms with Gasteiger partial charge in [-0.25, -0.2) is 0 Å². The van der Waals surface area contributed by atoms with Gasteiger partial charge in [-0.1, -0.05) is 59.8 Å². The summed E-state index contributed by atoms with van der Waals surface area (Å²) in [6.07, 6.45) is 5.75. The van der Waals surface area contributed by atoms with Crippen LogP contribution in [0, 0.1) is 0 Å². The second-order valence-electron chi connectivity index (χ2n) is 3.62. The Kier molecular flexibility index (Phi) is 3.15. The van der Waals surface area contributed by atoms with Gasteiger partial charge in [0.05, 0.1) is 0 Å². The molecule has 1 saturated heterocycles. The van der Waals surface area contributed by atoms with Crippen molar-refractivity contribution < 1.29 is 0 Å². The van der Waals surface area contributed by atoms with Crippen LogP contribution < -0.4 is 5.30 Å². The minimum atomic E-state index is -0.818. The lowest BCUT2D eigenvalue weighted by Crippen LogP contribution is -2.06. The minimum Gasteiger partial charge on any atom is -0.0712 e. The molecule has 1 fully saturated rings. The monoisotopic (exact) mass is 304 g/mol. The Bertz CT molecular complexity index is 319. The van der Waals surface area contributed by atoms with E-state index in [-0.39, 0.29) is 0 Å². The molecule has 2 heteroatoms. The van der Waals surface area contributed by atoms with Crippen molar-refractivity contribution in [2.24, 2.45) is 0 Å². The lowest BCUT2D eigenvalue weighted by Gasteiger charge is -2.18. The van der Waals surface area contributed by atoms with Gasteiger partial charge in [0.1, 0.15) is 0 Å². The Morgan fingerprint density at radius 3 is 2.23 bits per heavy atom. The fourth-order valence-electron chi connectivity index (χ4n) is 2.04. The maximum absolute atomic E-state index is 2.48. The van der Waals surface area contributed by atoms with Crippen LogP contribution in [0.25, 0.3) is 0 Å². The van der Waals surface area contributed by atoms with Gasteiger partial charge in [-0.3, -0.25) is 0 Å². The lowest BCUT2D eigenvalue weighted by atomic mass is 10.4. The average Bonchev–Trinajstić information content (AvgIpc) is 2.69. The molecule has 13 heavy (non-hydrogen) atoms. The van der Waals surface area contributed by atoms with Gasteiger partial charge in [0.15, 0.2) is 0 Å². The van der Waals surface area contributed by atoms with Crippen molar-refractivity contribution in [2.75, 3.05) is 12.3 Å². The molecule has 0 aliphatic carbocycles. The Morgan fingerprint density at radius 2 is 1.69 bits per heavy atom. The summed E-state index contributed by atoms with van der Waals surface area (Å²) in [5.74, 6) is 0. The van der Waals surface area contributed by atoms with E-state index in [1.165, 1.54) is 25.2 Å². The molecule has 1 heterocycles. The van der Waals surface area contributed by atoms with Crippen molar-refractivity contribution in [3.05, 3.63) is 30.3 Å². The summed E-state index contributed by atoms with van der Waals surface area (Å²) < 4.78 is 2.48. The van der Waals surface area contributed by atoms with E-state index in [0.29, 0.717) is 0 Å². The van der Waals surface area contributed by atoms with Gasteiger partial charge < -0.3 is 0 Å². The van der Waals surface area contributed by atoms with Crippen molar-refractivity contribution in [1.29, 1.82) is 0 Å². The topological polar surface area (TPSA) is 0 Å². The predicted molar refractivity (Wildman–Crippen MR) is 72.0 cm³/mol. The predicted octanol–water partition coefficient (Wildman–Crippen LogP) is 3.32. The molecule has 0 unspecified atom stereocenters. The van der Waals surface area contributed by atoms with Gasteiger partial charge in [-0.05, 0) is 34.3 Å². The fraction of sp³-hybridized carbons (Fsp3) is 0.364. The number of hydrogen-bond donors (Lipinski definition) is 0. The number of rotatable bonds is 1. The molecule has 1 aromatic carbocycles. The van der Waals surface area contributed by atoms with E-state index in [2.05, 4.69) is 56.7 Å². The summed E-state index contributed by atoms with van der Waals surface area (Å²) in [5.41, 5.74) is 0. The van der Waals surface area contributed by atoms with Crippen LogP contribution in [0.1, 0.15) is 12.8 Å². The molecule has 0 spiro atoms. The van der Waals surface area contributed by atoms with Crippen LogP contribution in [0.4, 0.5) is 0 Å². The number of benzene rings is 1. The Hall–Kier alpha value is 0.250. The highest BCUT2D eigenvalue weighted by Crippen LogP contribution is 2.52. The summed E-state index contributed by atoms with van der Waals surface area (Å²) in [4.78, 5) is 0. The van der Waals surface area contributed by atoms with E-state index >= 15 is 0 Å². The molecule has 1 aromatic rings. The van der Waals surface area contributed by atoms with Crippen LogP contribution in [-0.4, -0.2) is 16.1 Å². The van der Waals surface area contributed by atoms with Crippen LogP contribution in [0.5, 0.6) is 0 Å². The summed E-state index contributed by atoms with van der Waals surface area (Å²) in [7, 11) is 0. The smallest absolute Gasteiger partial charge is 0.0215 e. The molecule has 1 aliphatic heterocycles. The first kappa shape index (κ1) is 9.79. The summed E-state index contributed by atoms with van der Waals surface area (Å²) in [6.45, 7) is -0.818. The molecule has 0 nitrogen and oxygen atoms in total. The van der Waals surface area contributed by atoms with E-state index in [1.54, 1.807) is 5.30 Å². The highest BCUT2D eigenvalue weighted by molar-refractivity contribution is 14.1. The van der Waals surface area contributed by atoms with E-state index in [1.807, 2.05) is 0 Å². The van der Waals surface area contributed by atoms with Crippen molar-refractivity contribution in [2.45, 2.75) is 12.8 Å². The first-order valence-corrected chi connectivity index (χ1v) is 8.22. The van der Waals surface area contributed by atoms with E-state index in [9.17, 15) is 0 Å². The molecule has 0 radical (unpaired) electrons. The molecular weight excluding hydrogens is 290 g/mol. The molecule has 70 valence electrons. The maximum atomic E-state index is 2.48. The Labute approximate surface area is 93.9 Å². The molecule has 2 rings (SSSR count). The molecule has 1 aliphatic rings. The van der Waals surface area contributed by atoms with Crippen molar-refractivity contribution in [3.8, 4) is 0 Å². The van der Waals surface area contributed by atoms with Crippen molar-refractivity contribution in [3.63, 3.8) is 0 Å². The van der Waals surface area contributed by atoms with Crippen LogP contribution in [-0.2, 0) is 0 Å². The molecular formula is C11H14IP. The largest absolute Gasteiger partial charge is 0.0712 e. The van der Waals surface area contributed by atoms with E-state index in [4.69, 9.17) is 0 Å². The molecule has 0 N–H and O–H groups in total. The van der Waals surface area contributed by atoms with Gasteiger partial charge in [0.25, 0.3) is 0 Å². The first-order valence-electron chi connectivity index (χ1n) is 4.74. The highest BCUT2D eigenvalue weighted by Gasteiger charge is 2.23. The van der Waals surface area contributed by atoms with Crippen molar-refractivity contribution >= 4 is 38.6 Å². The fourth-order valence-corrected chi connectivity index (χ4v) is 8.06. The SMILES string of the molecule is IC=P1(c2ccccc2)CCCC1. The number of halogens is 1. The zero-order valence-corrected chi connectivity index (χ0v) is 10.7. The zero-order valence-electron chi connectivity index (χ0n) is 7.62. The molecule has 0 amide bonds. The van der Waals surface area contributed by atoms with Crippen molar-refractivity contribution in [1.82, 2.24) is 0 Å². The quantitative estimate of drug-likeness (QED) is 0.551.